The normalized spacial score (nSPS) is 20.2. The molecular weight excluding hydrogens is 538 g/mol. The van der Waals surface area contributed by atoms with Gasteiger partial charge in [0.1, 0.15) is 6.04 Å². The highest BCUT2D eigenvalue weighted by molar-refractivity contribution is 7.20. The molecule has 2 amide bonds. The zero-order chi connectivity index (χ0) is 29.4. The molecule has 1 fully saturated rings. The molecule has 4 rings (SSSR count). The van der Waals surface area contributed by atoms with Crippen LogP contribution in [0, 0.1) is 0 Å². The second kappa shape index (κ2) is 13.7. The van der Waals surface area contributed by atoms with Gasteiger partial charge in [0.25, 0.3) is 0 Å². The number of rotatable bonds is 10. The molecule has 0 radical (unpaired) electrons. The minimum absolute atomic E-state index is 0.0300. The Labute approximate surface area is 244 Å². The number of Topliss-reactive ketones (excluding diaryl/α,β-unsaturated/α-hetero) is 1. The number of carbonyl (C=O) groups is 3. The third kappa shape index (κ3) is 7.68. The number of hydrogen-bond acceptors (Lipinski definition) is 7. The van der Waals surface area contributed by atoms with Crippen LogP contribution >= 0.6 is 11.3 Å². The van der Waals surface area contributed by atoms with Crippen LogP contribution in [-0.4, -0.2) is 64.7 Å². The standard InChI is InChI=1S/C30H39N7O3S/c1-37(23(15-10-18-34-29(31)32)25(38)26-35-21-13-7-8-16-24(21)41-26)27(39)22-14-6-3-9-17-30(33,28(40)36-22)19-20-11-4-2-5-12-20/h2,4-5,7-8,11-13,16,22-23H,3,6,9-10,14-15,17-19,33H2,1H3,(H,36,40)(H4,31,32,34)/t22?,23-,30+/m0/s1. The number of para-hydroxylation sites is 1. The van der Waals surface area contributed by atoms with Crippen molar-refractivity contribution in [2.45, 2.75) is 69.0 Å². The zero-order valence-corrected chi connectivity index (χ0v) is 24.2. The Hall–Kier alpha value is -3.83. The minimum Gasteiger partial charge on any atom is -0.370 e. The van der Waals surface area contributed by atoms with E-state index in [4.69, 9.17) is 17.2 Å². The maximum absolute atomic E-state index is 13.9. The number of hydrogen-bond donors (Lipinski definition) is 4. The van der Waals surface area contributed by atoms with Crippen LogP contribution in [0.2, 0.25) is 0 Å². The van der Waals surface area contributed by atoms with Gasteiger partial charge < -0.3 is 27.4 Å². The number of carbonyl (C=O) groups excluding carboxylic acids is 3. The fraction of sp³-hybridized carbons (Fsp3) is 0.433. The Balaban J connectivity index is 1.55. The van der Waals surface area contributed by atoms with E-state index in [1.807, 2.05) is 54.6 Å². The molecule has 2 aromatic carbocycles. The van der Waals surface area contributed by atoms with Crippen molar-refractivity contribution in [1.29, 1.82) is 0 Å². The van der Waals surface area contributed by atoms with Gasteiger partial charge in [-0.25, -0.2) is 4.98 Å². The van der Waals surface area contributed by atoms with Gasteiger partial charge in [-0.05, 0) is 49.8 Å². The van der Waals surface area contributed by atoms with Gasteiger partial charge in [-0.15, -0.1) is 11.3 Å². The molecule has 1 saturated heterocycles. The van der Waals surface area contributed by atoms with Crippen molar-refractivity contribution >= 4 is 45.1 Å². The van der Waals surface area contributed by atoms with E-state index in [0.29, 0.717) is 43.7 Å². The number of likely N-dealkylation sites (N-methyl/N-ethyl adjacent to an activating group) is 1. The number of guanidine groups is 1. The molecule has 1 unspecified atom stereocenters. The summed E-state index contributed by atoms with van der Waals surface area (Å²) in [5.74, 6) is -0.962. The van der Waals surface area contributed by atoms with Gasteiger partial charge in [-0.3, -0.25) is 19.4 Å². The summed E-state index contributed by atoms with van der Waals surface area (Å²) in [7, 11) is 1.61. The summed E-state index contributed by atoms with van der Waals surface area (Å²) in [6.07, 6.45) is 4.58. The average molecular weight is 578 g/mol. The number of fused-ring (bicyclic) bond motifs is 1. The van der Waals surface area contributed by atoms with Crippen molar-refractivity contribution in [1.82, 2.24) is 15.2 Å². The number of nitrogens with two attached hydrogens (primary N) is 3. The van der Waals surface area contributed by atoms with Gasteiger partial charge in [-0.2, -0.15) is 0 Å². The molecule has 41 heavy (non-hydrogen) atoms. The molecule has 3 atom stereocenters. The summed E-state index contributed by atoms with van der Waals surface area (Å²) in [6.45, 7) is 0.323. The topological polar surface area (TPSA) is 170 Å². The van der Waals surface area contributed by atoms with Crippen LogP contribution in [0.15, 0.2) is 59.6 Å². The third-order valence-corrected chi connectivity index (χ3v) is 8.64. The highest BCUT2D eigenvalue weighted by atomic mass is 32.1. The molecule has 1 aromatic heterocycles. The first-order valence-corrected chi connectivity index (χ1v) is 14.9. The number of nitrogens with one attached hydrogen (secondary N) is 1. The van der Waals surface area contributed by atoms with Crippen molar-refractivity contribution < 1.29 is 14.4 Å². The van der Waals surface area contributed by atoms with Crippen LogP contribution in [0.5, 0.6) is 0 Å². The predicted molar refractivity (Wildman–Crippen MR) is 162 cm³/mol. The largest absolute Gasteiger partial charge is 0.370 e. The van der Waals surface area contributed by atoms with E-state index in [2.05, 4.69) is 15.3 Å². The molecule has 7 N–H and O–H groups in total. The summed E-state index contributed by atoms with van der Waals surface area (Å²) >= 11 is 1.30. The van der Waals surface area contributed by atoms with Gasteiger partial charge >= 0.3 is 0 Å². The fourth-order valence-electron chi connectivity index (χ4n) is 5.28. The van der Waals surface area contributed by atoms with Crippen molar-refractivity contribution in [3.63, 3.8) is 0 Å². The number of nitrogens with zero attached hydrogens (tertiary/aromatic N) is 3. The van der Waals surface area contributed by atoms with Crippen LogP contribution in [0.25, 0.3) is 10.2 Å². The van der Waals surface area contributed by atoms with Gasteiger partial charge in [-0.1, -0.05) is 61.7 Å². The van der Waals surface area contributed by atoms with E-state index in [0.717, 1.165) is 35.0 Å². The maximum Gasteiger partial charge on any atom is 0.245 e. The van der Waals surface area contributed by atoms with Crippen molar-refractivity contribution in [3.8, 4) is 0 Å². The molecule has 1 aliphatic rings. The average Bonchev–Trinajstić information content (AvgIpc) is 3.42. The first-order valence-electron chi connectivity index (χ1n) is 14.0. The lowest BCUT2D eigenvalue weighted by Crippen LogP contribution is -2.60. The first-order chi connectivity index (χ1) is 19.7. The molecule has 10 nitrogen and oxygen atoms in total. The number of thiazole rings is 1. The monoisotopic (exact) mass is 577 g/mol. The van der Waals surface area contributed by atoms with Gasteiger partial charge in [0.2, 0.25) is 17.6 Å². The number of aromatic nitrogens is 1. The van der Waals surface area contributed by atoms with E-state index >= 15 is 0 Å². The summed E-state index contributed by atoms with van der Waals surface area (Å²) in [6, 6.07) is 15.6. The fourth-order valence-corrected chi connectivity index (χ4v) is 6.23. The van der Waals surface area contributed by atoms with E-state index in [1.54, 1.807) is 7.05 Å². The predicted octanol–water partition coefficient (Wildman–Crippen LogP) is 2.75. The number of amides is 2. The summed E-state index contributed by atoms with van der Waals surface area (Å²) in [4.78, 5) is 51.3. The second-order valence-corrected chi connectivity index (χ2v) is 11.7. The number of benzene rings is 2. The molecule has 11 heteroatoms. The second-order valence-electron chi connectivity index (χ2n) is 10.7. The lowest BCUT2D eigenvalue weighted by molar-refractivity contribution is -0.138. The quantitative estimate of drug-likeness (QED) is 0.124. The highest BCUT2D eigenvalue weighted by Gasteiger charge is 2.39. The van der Waals surface area contributed by atoms with Crippen molar-refractivity contribution in [2.75, 3.05) is 13.6 Å². The first kappa shape index (κ1) is 30.1. The molecule has 3 aromatic rings. The number of aliphatic imine (C=N–C) groups is 1. The summed E-state index contributed by atoms with van der Waals surface area (Å²) in [5, 5.41) is 3.29. The Morgan fingerprint density at radius 2 is 1.85 bits per heavy atom. The summed E-state index contributed by atoms with van der Waals surface area (Å²) < 4.78 is 0.894. The van der Waals surface area contributed by atoms with Crippen LogP contribution in [0.1, 0.15) is 60.3 Å². The molecule has 0 saturated carbocycles. The van der Waals surface area contributed by atoms with Crippen LogP contribution in [-0.2, 0) is 16.0 Å². The molecule has 1 aliphatic heterocycles. The van der Waals surface area contributed by atoms with Crippen LogP contribution in [0.4, 0.5) is 0 Å². The third-order valence-electron chi connectivity index (χ3n) is 7.59. The summed E-state index contributed by atoms with van der Waals surface area (Å²) in [5.41, 5.74) is 18.2. The van der Waals surface area contributed by atoms with Crippen molar-refractivity contribution in [2.24, 2.45) is 22.2 Å². The van der Waals surface area contributed by atoms with Crippen molar-refractivity contribution in [3.05, 3.63) is 65.2 Å². The Morgan fingerprint density at radius 1 is 1.12 bits per heavy atom. The molecular formula is C30H39N7O3S. The minimum atomic E-state index is -1.14. The SMILES string of the molecule is CN(C(=O)C1CCCCC[C@@](N)(Cc2ccccc2)C(=O)N1)[C@@H](CCCN=C(N)N)C(=O)c1nc2ccccc2s1. The lowest BCUT2D eigenvalue weighted by Gasteiger charge is -2.33. The Bertz CT molecular complexity index is 1360. The van der Waals surface area contributed by atoms with Gasteiger partial charge in [0, 0.05) is 13.6 Å². The molecule has 218 valence electrons. The van der Waals surface area contributed by atoms with E-state index in [1.165, 1.54) is 16.2 Å². The maximum atomic E-state index is 13.9. The number of ketones is 1. The molecule has 0 spiro atoms. The van der Waals surface area contributed by atoms with Crippen LogP contribution in [0.3, 0.4) is 0 Å². The zero-order valence-electron chi connectivity index (χ0n) is 23.4. The highest BCUT2D eigenvalue weighted by Crippen LogP contribution is 2.26. The van der Waals surface area contributed by atoms with Gasteiger partial charge in [0.15, 0.2) is 11.0 Å². The smallest absolute Gasteiger partial charge is 0.245 e. The molecule has 2 heterocycles. The van der Waals surface area contributed by atoms with E-state index in [-0.39, 0.29) is 23.6 Å². The Kier molecular flexibility index (Phi) is 10.1. The molecule has 0 bridgehead atoms. The van der Waals surface area contributed by atoms with E-state index < -0.39 is 17.6 Å². The lowest BCUT2D eigenvalue weighted by atomic mass is 9.86. The Morgan fingerprint density at radius 3 is 2.59 bits per heavy atom. The molecule has 0 aliphatic carbocycles. The van der Waals surface area contributed by atoms with E-state index in [9.17, 15) is 14.4 Å². The van der Waals surface area contributed by atoms with Gasteiger partial charge in [0.05, 0.1) is 21.8 Å². The van der Waals surface area contributed by atoms with Crippen LogP contribution < -0.4 is 22.5 Å².